The number of fused-ring (bicyclic) bond motifs is 1. The predicted octanol–water partition coefficient (Wildman–Crippen LogP) is 4.40. The smallest absolute Gasteiger partial charge is 0.435 e. The summed E-state index contributed by atoms with van der Waals surface area (Å²) in [6.45, 7) is 5.87. The van der Waals surface area contributed by atoms with Gasteiger partial charge in [0.05, 0.1) is 0 Å². The minimum atomic E-state index is -0.590. The van der Waals surface area contributed by atoms with Gasteiger partial charge in [-0.15, -0.1) is 0 Å². The van der Waals surface area contributed by atoms with Crippen LogP contribution < -0.4 is 4.74 Å². The molecule has 0 atom stereocenters. The molecule has 0 radical (unpaired) electrons. The molecule has 0 aliphatic rings. The third kappa shape index (κ3) is 4.28. The lowest BCUT2D eigenvalue weighted by Crippen LogP contribution is -2.27. The maximum absolute atomic E-state index is 12.3. The Balaban J connectivity index is 1.84. The van der Waals surface area contributed by atoms with E-state index in [1.165, 1.54) is 4.68 Å². The van der Waals surface area contributed by atoms with Crippen molar-refractivity contribution in [2.75, 3.05) is 0 Å². The van der Waals surface area contributed by atoms with Crippen LogP contribution in [0.5, 0.6) is 5.88 Å². The second-order valence-corrected chi connectivity index (χ2v) is 7.50. The second kappa shape index (κ2) is 6.99. The molecule has 3 rings (SSSR count). The van der Waals surface area contributed by atoms with Gasteiger partial charge in [-0.1, -0.05) is 30.3 Å². The maximum atomic E-state index is 12.3. The first-order chi connectivity index (χ1) is 11.8. The Kier molecular flexibility index (Phi) is 4.94. The molecule has 2 aromatic heterocycles. The number of benzene rings is 1. The molecule has 0 unspecified atom stereocenters. The first-order valence-corrected chi connectivity index (χ1v) is 8.87. The molecule has 2 heterocycles. The van der Waals surface area contributed by atoms with E-state index in [1.807, 2.05) is 73.7 Å². The van der Waals surface area contributed by atoms with Gasteiger partial charge in [-0.05, 0) is 55.0 Å². The van der Waals surface area contributed by atoms with Crippen molar-refractivity contribution >= 4 is 39.7 Å². The van der Waals surface area contributed by atoms with Gasteiger partial charge in [-0.3, -0.25) is 0 Å². The molecule has 7 heteroatoms. The SMILES string of the molecule is CC(C)(C)OC(=O)n1nc(I)c2nc(OCc3ccccc3)ccc21. The fraction of sp³-hybridized carbons (Fsp3) is 0.278. The van der Waals surface area contributed by atoms with E-state index >= 15 is 0 Å². The lowest BCUT2D eigenvalue weighted by molar-refractivity contribution is 0.0522. The number of hydrogen-bond donors (Lipinski definition) is 0. The van der Waals surface area contributed by atoms with Crippen molar-refractivity contribution in [3.8, 4) is 5.88 Å². The highest BCUT2D eigenvalue weighted by Crippen LogP contribution is 2.23. The van der Waals surface area contributed by atoms with Crippen LogP contribution in [0.3, 0.4) is 0 Å². The molecule has 130 valence electrons. The highest BCUT2D eigenvalue weighted by Gasteiger charge is 2.22. The van der Waals surface area contributed by atoms with Crippen LogP contribution in [0.1, 0.15) is 26.3 Å². The molecule has 1 aromatic carbocycles. The zero-order chi connectivity index (χ0) is 18.0. The largest absolute Gasteiger partial charge is 0.473 e. The molecular weight excluding hydrogens is 433 g/mol. The number of halogens is 1. The van der Waals surface area contributed by atoms with Gasteiger partial charge >= 0.3 is 6.09 Å². The molecule has 0 fully saturated rings. The quantitative estimate of drug-likeness (QED) is 0.553. The monoisotopic (exact) mass is 451 g/mol. The zero-order valence-electron chi connectivity index (χ0n) is 14.2. The molecule has 0 bridgehead atoms. The van der Waals surface area contributed by atoms with Crippen LogP contribution in [0.15, 0.2) is 42.5 Å². The van der Waals surface area contributed by atoms with Crippen molar-refractivity contribution in [1.29, 1.82) is 0 Å². The Hall–Kier alpha value is -2.16. The number of carbonyl (C=O) groups excluding carboxylic acids is 1. The van der Waals surface area contributed by atoms with E-state index < -0.39 is 11.7 Å². The molecule has 0 aliphatic heterocycles. The number of aromatic nitrogens is 3. The van der Waals surface area contributed by atoms with Crippen molar-refractivity contribution in [3.63, 3.8) is 0 Å². The van der Waals surface area contributed by atoms with Crippen LogP contribution in [0, 0.1) is 3.70 Å². The summed E-state index contributed by atoms with van der Waals surface area (Å²) in [7, 11) is 0. The lowest BCUT2D eigenvalue weighted by Gasteiger charge is -2.19. The molecule has 0 saturated heterocycles. The molecule has 0 aliphatic carbocycles. The maximum Gasteiger partial charge on any atom is 0.435 e. The Labute approximate surface area is 159 Å². The van der Waals surface area contributed by atoms with E-state index in [0.717, 1.165) is 5.56 Å². The van der Waals surface area contributed by atoms with Crippen LogP contribution in [-0.2, 0) is 11.3 Å². The van der Waals surface area contributed by atoms with E-state index in [2.05, 4.69) is 10.1 Å². The van der Waals surface area contributed by atoms with Crippen LogP contribution in [-0.4, -0.2) is 26.5 Å². The first kappa shape index (κ1) is 17.7. The summed E-state index contributed by atoms with van der Waals surface area (Å²) in [4.78, 5) is 16.8. The Morgan fingerprint density at radius 1 is 1.16 bits per heavy atom. The lowest BCUT2D eigenvalue weighted by atomic mass is 10.2. The summed E-state index contributed by atoms with van der Waals surface area (Å²) in [6, 6.07) is 13.4. The summed E-state index contributed by atoms with van der Waals surface area (Å²) in [5, 5.41) is 4.24. The number of nitrogens with zero attached hydrogens (tertiary/aromatic N) is 3. The van der Waals surface area contributed by atoms with Gasteiger partial charge in [0, 0.05) is 6.07 Å². The van der Waals surface area contributed by atoms with E-state index in [0.29, 0.717) is 27.2 Å². The fourth-order valence-electron chi connectivity index (χ4n) is 2.20. The predicted molar refractivity (Wildman–Crippen MR) is 103 cm³/mol. The van der Waals surface area contributed by atoms with Gasteiger partial charge in [-0.2, -0.15) is 9.78 Å². The summed E-state index contributed by atoms with van der Waals surface area (Å²) >= 11 is 2.05. The van der Waals surface area contributed by atoms with Crippen LogP contribution in [0.2, 0.25) is 0 Å². The molecular formula is C18H18IN3O3. The number of hydrogen-bond acceptors (Lipinski definition) is 5. The van der Waals surface area contributed by atoms with Crippen LogP contribution >= 0.6 is 22.6 Å². The summed E-state index contributed by atoms with van der Waals surface area (Å²) < 4.78 is 13.0. The molecule has 25 heavy (non-hydrogen) atoms. The summed E-state index contributed by atoms with van der Waals surface area (Å²) in [5.41, 5.74) is 1.67. The third-order valence-corrected chi connectivity index (χ3v) is 3.98. The van der Waals surface area contributed by atoms with E-state index in [-0.39, 0.29) is 0 Å². The minimum Gasteiger partial charge on any atom is -0.473 e. The van der Waals surface area contributed by atoms with Crippen molar-refractivity contribution in [3.05, 3.63) is 51.7 Å². The summed E-state index contributed by atoms with van der Waals surface area (Å²) in [5.74, 6) is 0.484. The molecule has 0 N–H and O–H groups in total. The van der Waals surface area contributed by atoms with Crippen molar-refractivity contribution in [2.24, 2.45) is 0 Å². The Bertz CT molecular complexity index is 901. The Morgan fingerprint density at radius 3 is 2.56 bits per heavy atom. The first-order valence-electron chi connectivity index (χ1n) is 7.79. The Morgan fingerprint density at radius 2 is 1.88 bits per heavy atom. The van der Waals surface area contributed by atoms with Crippen molar-refractivity contribution < 1.29 is 14.3 Å². The number of carbonyl (C=O) groups is 1. The van der Waals surface area contributed by atoms with Gasteiger partial charge in [0.2, 0.25) is 5.88 Å². The molecule has 6 nitrogen and oxygen atoms in total. The molecule has 0 amide bonds. The molecule has 0 saturated carbocycles. The van der Waals surface area contributed by atoms with E-state index in [1.54, 1.807) is 12.1 Å². The standard InChI is InChI=1S/C18H18IN3O3/c1-18(2,3)25-17(23)22-13-9-10-14(20-15(13)16(19)21-22)24-11-12-7-5-4-6-8-12/h4-10H,11H2,1-3H3. The number of rotatable bonds is 3. The topological polar surface area (TPSA) is 66.2 Å². The average Bonchev–Trinajstić information content (AvgIpc) is 2.89. The van der Waals surface area contributed by atoms with Gasteiger partial charge in [0.25, 0.3) is 0 Å². The highest BCUT2D eigenvalue weighted by molar-refractivity contribution is 14.1. The second-order valence-electron chi connectivity index (χ2n) is 6.47. The molecule has 3 aromatic rings. The third-order valence-electron chi connectivity index (χ3n) is 3.26. The zero-order valence-corrected chi connectivity index (χ0v) is 16.4. The van der Waals surface area contributed by atoms with Crippen molar-refractivity contribution in [1.82, 2.24) is 14.8 Å². The summed E-state index contributed by atoms with van der Waals surface area (Å²) in [6.07, 6.45) is -0.528. The van der Waals surface area contributed by atoms with Gasteiger partial charge < -0.3 is 9.47 Å². The van der Waals surface area contributed by atoms with Crippen molar-refractivity contribution in [2.45, 2.75) is 33.0 Å². The van der Waals surface area contributed by atoms with Gasteiger partial charge in [-0.25, -0.2) is 9.78 Å². The molecule has 0 spiro atoms. The number of pyridine rings is 1. The van der Waals surface area contributed by atoms with Gasteiger partial charge in [0.1, 0.15) is 26.9 Å². The normalized spacial score (nSPS) is 11.5. The van der Waals surface area contributed by atoms with Crippen LogP contribution in [0.4, 0.5) is 4.79 Å². The fourth-order valence-corrected chi connectivity index (χ4v) is 2.81. The van der Waals surface area contributed by atoms with E-state index in [9.17, 15) is 4.79 Å². The highest BCUT2D eigenvalue weighted by atomic mass is 127. The number of ether oxygens (including phenoxy) is 2. The van der Waals surface area contributed by atoms with Crippen LogP contribution in [0.25, 0.3) is 11.0 Å². The minimum absolute atomic E-state index is 0.427. The van der Waals surface area contributed by atoms with Gasteiger partial charge in [0.15, 0.2) is 0 Å². The van der Waals surface area contributed by atoms with E-state index in [4.69, 9.17) is 9.47 Å². The average molecular weight is 451 g/mol.